The highest BCUT2D eigenvalue weighted by Gasteiger charge is 2.10. The van der Waals surface area contributed by atoms with Gasteiger partial charge in [-0.25, -0.2) is 4.98 Å². The molecule has 0 aliphatic rings. The Morgan fingerprint density at radius 1 is 0.739 bits per heavy atom. The third-order valence-electron chi connectivity index (χ3n) is 3.98. The van der Waals surface area contributed by atoms with Gasteiger partial charge < -0.3 is 0 Å². The number of fused-ring (bicyclic) bond motifs is 4. The fourth-order valence-electron chi connectivity index (χ4n) is 2.83. The summed E-state index contributed by atoms with van der Waals surface area (Å²) in [4.78, 5) is 14.9. The van der Waals surface area contributed by atoms with Gasteiger partial charge in [0.2, 0.25) is 0 Å². The van der Waals surface area contributed by atoms with Gasteiger partial charge >= 0.3 is 0 Å². The molecule has 3 aromatic heterocycles. The number of thiophene rings is 1. The predicted molar refractivity (Wildman–Crippen MR) is 95.7 cm³/mol. The molecule has 0 aliphatic carbocycles. The molecule has 0 saturated heterocycles. The summed E-state index contributed by atoms with van der Waals surface area (Å²) in [5.74, 6) is 0. The summed E-state index contributed by atoms with van der Waals surface area (Å²) in [7, 11) is 0. The summed E-state index contributed by atoms with van der Waals surface area (Å²) < 4.78 is 1.21. The maximum Gasteiger partial charge on any atom is 0.143 e. The molecular formula is C19H11N3S. The Morgan fingerprint density at radius 3 is 2.52 bits per heavy atom. The van der Waals surface area contributed by atoms with E-state index in [0.717, 1.165) is 37.9 Å². The van der Waals surface area contributed by atoms with Crippen LogP contribution in [0.15, 0.2) is 67.0 Å². The molecule has 3 heterocycles. The van der Waals surface area contributed by atoms with Crippen molar-refractivity contribution in [2.24, 2.45) is 0 Å². The monoisotopic (exact) mass is 313 g/mol. The molecule has 4 heteroatoms. The van der Waals surface area contributed by atoms with Crippen LogP contribution in [0.2, 0.25) is 0 Å². The van der Waals surface area contributed by atoms with Crippen molar-refractivity contribution >= 4 is 42.5 Å². The van der Waals surface area contributed by atoms with Crippen LogP contribution >= 0.6 is 11.3 Å². The normalized spacial score (nSPS) is 11.5. The Balaban J connectivity index is 1.73. The lowest BCUT2D eigenvalue weighted by molar-refractivity contribution is 1.26. The number of pyridine rings is 1. The first-order valence-corrected chi connectivity index (χ1v) is 8.19. The van der Waals surface area contributed by atoms with Crippen LogP contribution in [0, 0.1) is 0 Å². The minimum atomic E-state index is 0.815. The Labute approximate surface area is 136 Å². The summed E-state index contributed by atoms with van der Waals surface area (Å²) in [5.41, 5.74) is 2.64. The van der Waals surface area contributed by atoms with Crippen LogP contribution in [0.1, 0.15) is 0 Å². The zero-order chi connectivity index (χ0) is 15.2. The summed E-state index contributed by atoms with van der Waals surface area (Å²) in [6, 6.07) is 18.6. The second-order valence-corrected chi connectivity index (χ2v) is 6.45. The first-order chi connectivity index (χ1) is 11.4. The molecule has 108 valence electrons. The van der Waals surface area contributed by atoms with Crippen LogP contribution in [-0.2, 0) is 0 Å². The molecule has 0 aliphatic heterocycles. The summed E-state index contributed by atoms with van der Waals surface area (Å²) in [6.45, 7) is 0. The van der Waals surface area contributed by atoms with Crippen LogP contribution in [0.25, 0.3) is 42.6 Å². The molecule has 0 saturated carbocycles. The highest BCUT2D eigenvalue weighted by atomic mass is 32.1. The predicted octanol–water partition coefficient (Wildman–Crippen LogP) is 5.06. The topological polar surface area (TPSA) is 38.7 Å². The van der Waals surface area contributed by atoms with Gasteiger partial charge in [0.05, 0.1) is 11.9 Å². The summed E-state index contributed by atoms with van der Waals surface area (Å²) in [6.07, 6.45) is 3.71. The zero-order valence-electron chi connectivity index (χ0n) is 12.1. The molecular weight excluding hydrogens is 302 g/mol. The maximum atomic E-state index is 4.78. The van der Waals surface area contributed by atoms with E-state index in [4.69, 9.17) is 4.98 Å². The van der Waals surface area contributed by atoms with Gasteiger partial charge in [-0.05, 0) is 17.5 Å². The second kappa shape index (κ2) is 4.83. The maximum absolute atomic E-state index is 4.78. The molecule has 0 fully saturated rings. The first kappa shape index (κ1) is 12.7. The van der Waals surface area contributed by atoms with Crippen LogP contribution < -0.4 is 0 Å². The lowest BCUT2D eigenvalue weighted by atomic mass is 10.1. The molecule has 0 unspecified atom stereocenters. The van der Waals surface area contributed by atoms with E-state index < -0.39 is 0 Å². The SMILES string of the molecule is c1ccc2cc(-c3cnc4c(n3)sc3ccccc34)ncc2c1. The average Bonchev–Trinajstić information content (AvgIpc) is 2.99. The van der Waals surface area contributed by atoms with Crippen molar-refractivity contribution in [2.45, 2.75) is 0 Å². The van der Waals surface area contributed by atoms with E-state index in [1.165, 1.54) is 4.70 Å². The van der Waals surface area contributed by atoms with E-state index in [2.05, 4.69) is 40.3 Å². The molecule has 0 bridgehead atoms. The van der Waals surface area contributed by atoms with Gasteiger partial charge in [-0.3, -0.25) is 9.97 Å². The van der Waals surface area contributed by atoms with Gasteiger partial charge in [0, 0.05) is 21.7 Å². The van der Waals surface area contributed by atoms with E-state index in [1.807, 2.05) is 36.7 Å². The van der Waals surface area contributed by atoms with Crippen LogP contribution in [0.3, 0.4) is 0 Å². The minimum Gasteiger partial charge on any atom is -0.254 e. The van der Waals surface area contributed by atoms with Crippen LogP contribution in [0.5, 0.6) is 0 Å². The van der Waals surface area contributed by atoms with Gasteiger partial charge in [0.1, 0.15) is 16.0 Å². The third-order valence-corrected chi connectivity index (χ3v) is 5.04. The van der Waals surface area contributed by atoms with Crippen molar-refractivity contribution in [3.63, 3.8) is 0 Å². The quantitative estimate of drug-likeness (QED) is 0.434. The van der Waals surface area contributed by atoms with E-state index in [9.17, 15) is 0 Å². The first-order valence-electron chi connectivity index (χ1n) is 7.38. The van der Waals surface area contributed by atoms with Gasteiger partial charge in [0.25, 0.3) is 0 Å². The van der Waals surface area contributed by atoms with E-state index in [1.54, 1.807) is 11.3 Å². The number of rotatable bonds is 1. The summed E-state index contributed by atoms with van der Waals surface area (Å²) >= 11 is 1.67. The van der Waals surface area contributed by atoms with Crippen LogP contribution in [0.4, 0.5) is 0 Å². The van der Waals surface area contributed by atoms with Crippen molar-refractivity contribution in [2.75, 3.05) is 0 Å². The second-order valence-electron chi connectivity index (χ2n) is 5.42. The van der Waals surface area contributed by atoms with Crippen molar-refractivity contribution < 1.29 is 0 Å². The molecule has 5 rings (SSSR count). The van der Waals surface area contributed by atoms with Gasteiger partial charge in [-0.15, -0.1) is 11.3 Å². The Bertz CT molecular complexity index is 1180. The average molecular weight is 313 g/mol. The Morgan fingerprint density at radius 2 is 1.57 bits per heavy atom. The molecule has 0 N–H and O–H groups in total. The number of hydrogen-bond acceptors (Lipinski definition) is 4. The molecule has 0 amide bonds. The van der Waals surface area contributed by atoms with E-state index in [-0.39, 0.29) is 0 Å². The van der Waals surface area contributed by atoms with Crippen molar-refractivity contribution in [3.05, 3.63) is 67.0 Å². The van der Waals surface area contributed by atoms with Crippen molar-refractivity contribution in [1.82, 2.24) is 15.0 Å². The summed E-state index contributed by atoms with van der Waals surface area (Å²) in [5, 5.41) is 3.46. The Kier molecular flexibility index (Phi) is 2.66. The molecule has 3 nitrogen and oxygen atoms in total. The molecule has 0 spiro atoms. The van der Waals surface area contributed by atoms with Gasteiger partial charge in [-0.1, -0.05) is 42.5 Å². The van der Waals surface area contributed by atoms with Crippen molar-refractivity contribution in [3.8, 4) is 11.4 Å². The standard InChI is InChI=1S/C19H11N3S/c1-2-6-13-10-20-15(9-12(13)5-1)16-11-21-18-14-7-3-4-8-17(14)23-19(18)22-16/h1-11H. The smallest absolute Gasteiger partial charge is 0.143 e. The minimum absolute atomic E-state index is 0.815. The number of aromatic nitrogens is 3. The molecule has 0 radical (unpaired) electrons. The zero-order valence-corrected chi connectivity index (χ0v) is 12.9. The van der Waals surface area contributed by atoms with Crippen LogP contribution in [-0.4, -0.2) is 15.0 Å². The molecule has 5 aromatic rings. The van der Waals surface area contributed by atoms with Gasteiger partial charge in [-0.2, -0.15) is 0 Å². The highest BCUT2D eigenvalue weighted by Crippen LogP contribution is 2.32. The molecule has 23 heavy (non-hydrogen) atoms. The number of nitrogens with zero attached hydrogens (tertiary/aromatic N) is 3. The largest absolute Gasteiger partial charge is 0.254 e. The van der Waals surface area contributed by atoms with E-state index >= 15 is 0 Å². The fourth-order valence-corrected chi connectivity index (χ4v) is 3.86. The number of hydrogen-bond donors (Lipinski definition) is 0. The third kappa shape index (κ3) is 1.99. The Hall–Kier alpha value is -2.85. The van der Waals surface area contributed by atoms with E-state index in [0.29, 0.717) is 0 Å². The highest BCUT2D eigenvalue weighted by molar-refractivity contribution is 7.25. The molecule has 2 aromatic carbocycles. The van der Waals surface area contributed by atoms with Crippen molar-refractivity contribution in [1.29, 1.82) is 0 Å². The number of benzene rings is 2. The lowest BCUT2D eigenvalue weighted by Crippen LogP contribution is -1.89. The van der Waals surface area contributed by atoms with Gasteiger partial charge in [0.15, 0.2) is 0 Å². The molecule has 0 atom stereocenters. The lowest BCUT2D eigenvalue weighted by Gasteiger charge is -2.02. The fraction of sp³-hybridized carbons (Fsp3) is 0.